The molecule has 7 heteroatoms. The molecule has 1 saturated heterocycles. The largest absolute Gasteiger partial charge is 0.340 e. The van der Waals surface area contributed by atoms with Gasteiger partial charge in [0, 0.05) is 25.6 Å². The van der Waals surface area contributed by atoms with Gasteiger partial charge in [-0.15, -0.1) is 0 Å². The zero-order valence-electron chi connectivity index (χ0n) is 13.5. The molecule has 3 amide bonds. The van der Waals surface area contributed by atoms with Crippen LogP contribution in [-0.2, 0) is 17.8 Å². The van der Waals surface area contributed by atoms with Crippen molar-refractivity contribution in [3.8, 4) is 11.4 Å². The number of aromatic nitrogens is 2. The fourth-order valence-electron chi connectivity index (χ4n) is 3.24. The normalized spacial score (nSPS) is 20.0. The molecule has 1 atom stereocenters. The van der Waals surface area contributed by atoms with E-state index in [0.717, 1.165) is 29.2 Å². The van der Waals surface area contributed by atoms with E-state index < -0.39 is 6.04 Å². The fourth-order valence-corrected chi connectivity index (χ4v) is 3.24. The van der Waals surface area contributed by atoms with Crippen LogP contribution in [0.5, 0.6) is 0 Å². The Kier molecular flexibility index (Phi) is 3.48. The van der Waals surface area contributed by atoms with Crippen LogP contribution < -0.4 is 5.32 Å². The van der Waals surface area contributed by atoms with Crippen molar-refractivity contribution >= 4 is 11.9 Å². The number of likely N-dealkylation sites (N-methyl/N-ethyl adjacent to an activating group) is 1. The van der Waals surface area contributed by atoms with Crippen LogP contribution in [0.1, 0.15) is 11.4 Å². The fraction of sp³-hybridized carbons (Fsp3) is 0.353. The van der Waals surface area contributed by atoms with E-state index in [0.29, 0.717) is 19.6 Å². The molecule has 2 aromatic rings. The molecule has 0 saturated carbocycles. The predicted molar refractivity (Wildman–Crippen MR) is 88.1 cm³/mol. The third kappa shape index (κ3) is 2.51. The van der Waals surface area contributed by atoms with Crippen molar-refractivity contribution in [1.29, 1.82) is 0 Å². The van der Waals surface area contributed by atoms with Crippen LogP contribution in [0.3, 0.4) is 0 Å². The first kappa shape index (κ1) is 14.7. The number of hydrogen-bond acceptors (Lipinski definition) is 3. The lowest BCUT2D eigenvalue weighted by Crippen LogP contribution is -2.47. The number of carbonyl (C=O) groups is 2. The number of nitrogens with one attached hydrogen (secondary N) is 2. The first-order chi connectivity index (χ1) is 11.6. The minimum atomic E-state index is -0.458. The first-order valence-electron chi connectivity index (χ1n) is 8.05. The van der Waals surface area contributed by atoms with Gasteiger partial charge in [0.15, 0.2) is 0 Å². The first-order valence-corrected chi connectivity index (χ1v) is 8.05. The molecule has 0 aliphatic carbocycles. The quantitative estimate of drug-likeness (QED) is 0.864. The summed E-state index contributed by atoms with van der Waals surface area (Å²) in [6.45, 7) is 1.55. The molecular formula is C17H19N5O2. The Labute approximate surface area is 139 Å². The third-order valence-electron chi connectivity index (χ3n) is 4.59. The van der Waals surface area contributed by atoms with Gasteiger partial charge in [0.2, 0.25) is 5.91 Å². The van der Waals surface area contributed by atoms with Crippen molar-refractivity contribution in [2.75, 3.05) is 20.1 Å². The number of nitrogens with zero attached hydrogens (tertiary/aromatic N) is 3. The van der Waals surface area contributed by atoms with Gasteiger partial charge in [-0.2, -0.15) is 0 Å². The second-order valence-electron chi connectivity index (χ2n) is 6.27. The van der Waals surface area contributed by atoms with Crippen molar-refractivity contribution in [2.45, 2.75) is 19.0 Å². The van der Waals surface area contributed by atoms with Gasteiger partial charge in [-0.05, 0) is 0 Å². The lowest BCUT2D eigenvalue weighted by molar-refractivity contribution is -0.133. The van der Waals surface area contributed by atoms with Crippen molar-refractivity contribution < 1.29 is 9.59 Å². The predicted octanol–water partition coefficient (Wildman–Crippen LogP) is 0.985. The number of urea groups is 1. The van der Waals surface area contributed by atoms with Crippen LogP contribution >= 0.6 is 0 Å². The number of H-pyrrole nitrogens is 1. The summed E-state index contributed by atoms with van der Waals surface area (Å²) in [5.74, 6) is 0.804. The highest BCUT2D eigenvalue weighted by atomic mass is 16.2. The molecule has 0 radical (unpaired) electrons. The Balaban J connectivity index is 1.51. The Hall–Kier alpha value is -2.83. The van der Waals surface area contributed by atoms with Crippen LogP contribution in [0.4, 0.5) is 4.79 Å². The van der Waals surface area contributed by atoms with Gasteiger partial charge in [0.25, 0.3) is 0 Å². The number of benzene rings is 1. The molecule has 2 N–H and O–H groups in total. The van der Waals surface area contributed by atoms with Crippen molar-refractivity contribution in [1.82, 2.24) is 25.1 Å². The van der Waals surface area contributed by atoms with Crippen LogP contribution in [0, 0.1) is 0 Å². The average molecular weight is 325 g/mol. The van der Waals surface area contributed by atoms with Crippen molar-refractivity contribution in [3.63, 3.8) is 0 Å². The summed E-state index contributed by atoms with van der Waals surface area (Å²) in [5, 5.41) is 2.73. The maximum absolute atomic E-state index is 12.6. The lowest BCUT2D eigenvalue weighted by atomic mass is 10.1. The SMILES string of the molecule is CN1C[C@@H](C(=O)N2CCc3nc(-c4ccccc4)[nH]c3C2)NC1=O. The molecular weight excluding hydrogens is 306 g/mol. The van der Waals surface area contributed by atoms with Gasteiger partial charge in [0.05, 0.1) is 24.5 Å². The standard InChI is InChI=1S/C17H19N5O2/c1-21-9-14(20-17(21)24)16(23)22-8-7-12-13(10-22)19-15(18-12)11-5-3-2-4-6-11/h2-6,14H,7-10H2,1H3,(H,18,19)(H,20,24)/t14-/m0/s1. The van der Waals surface area contributed by atoms with E-state index in [1.54, 1.807) is 11.9 Å². The van der Waals surface area contributed by atoms with E-state index in [-0.39, 0.29) is 11.9 Å². The van der Waals surface area contributed by atoms with Gasteiger partial charge in [-0.3, -0.25) is 4.79 Å². The Morgan fingerprint density at radius 1 is 1.29 bits per heavy atom. The Morgan fingerprint density at radius 2 is 2.08 bits per heavy atom. The highest BCUT2D eigenvalue weighted by Gasteiger charge is 2.35. The summed E-state index contributed by atoms with van der Waals surface area (Å²) < 4.78 is 0. The summed E-state index contributed by atoms with van der Waals surface area (Å²) in [7, 11) is 1.69. The van der Waals surface area contributed by atoms with E-state index in [4.69, 9.17) is 0 Å². The Morgan fingerprint density at radius 3 is 2.79 bits per heavy atom. The molecule has 4 rings (SSSR count). The second-order valence-corrected chi connectivity index (χ2v) is 6.27. The van der Waals surface area contributed by atoms with Gasteiger partial charge < -0.3 is 20.1 Å². The molecule has 0 unspecified atom stereocenters. The molecule has 124 valence electrons. The van der Waals surface area contributed by atoms with Crippen LogP contribution in [0.15, 0.2) is 30.3 Å². The topological polar surface area (TPSA) is 81.3 Å². The molecule has 3 heterocycles. The summed E-state index contributed by atoms with van der Waals surface area (Å²) in [4.78, 5) is 35.5. The van der Waals surface area contributed by atoms with E-state index >= 15 is 0 Å². The zero-order chi connectivity index (χ0) is 16.7. The maximum atomic E-state index is 12.6. The lowest BCUT2D eigenvalue weighted by Gasteiger charge is -2.28. The van der Waals surface area contributed by atoms with Gasteiger partial charge in [-0.25, -0.2) is 9.78 Å². The van der Waals surface area contributed by atoms with Crippen LogP contribution in [0.2, 0.25) is 0 Å². The summed E-state index contributed by atoms with van der Waals surface area (Å²) >= 11 is 0. The molecule has 1 aromatic heterocycles. The third-order valence-corrected chi connectivity index (χ3v) is 4.59. The van der Waals surface area contributed by atoms with Gasteiger partial charge in [0.1, 0.15) is 11.9 Å². The number of rotatable bonds is 2. The second kappa shape index (κ2) is 5.67. The Bertz CT molecular complexity index is 786. The molecule has 1 aromatic carbocycles. The number of hydrogen-bond donors (Lipinski definition) is 2. The molecule has 0 spiro atoms. The summed E-state index contributed by atoms with van der Waals surface area (Å²) in [6, 6.07) is 9.30. The number of imidazole rings is 1. The minimum Gasteiger partial charge on any atom is -0.340 e. The van der Waals surface area contributed by atoms with Crippen LogP contribution in [0.25, 0.3) is 11.4 Å². The zero-order valence-corrected chi connectivity index (χ0v) is 13.5. The molecule has 2 aliphatic heterocycles. The molecule has 24 heavy (non-hydrogen) atoms. The summed E-state index contributed by atoms with van der Waals surface area (Å²) in [5.41, 5.74) is 3.03. The number of aromatic amines is 1. The molecule has 0 bridgehead atoms. The maximum Gasteiger partial charge on any atom is 0.317 e. The number of amides is 3. The highest BCUT2D eigenvalue weighted by Crippen LogP contribution is 2.23. The molecule has 2 aliphatic rings. The molecule has 1 fully saturated rings. The highest BCUT2D eigenvalue weighted by molar-refractivity contribution is 5.90. The number of carbonyl (C=O) groups excluding carboxylic acids is 2. The van der Waals surface area contributed by atoms with Crippen molar-refractivity contribution in [3.05, 3.63) is 41.7 Å². The monoisotopic (exact) mass is 325 g/mol. The number of fused-ring (bicyclic) bond motifs is 1. The average Bonchev–Trinajstić information content (AvgIpc) is 3.18. The van der Waals surface area contributed by atoms with Crippen molar-refractivity contribution in [2.24, 2.45) is 0 Å². The van der Waals surface area contributed by atoms with E-state index in [1.807, 2.05) is 30.3 Å². The van der Waals surface area contributed by atoms with E-state index in [9.17, 15) is 9.59 Å². The van der Waals surface area contributed by atoms with Gasteiger partial charge in [-0.1, -0.05) is 30.3 Å². The van der Waals surface area contributed by atoms with E-state index in [1.165, 1.54) is 4.90 Å². The molecule has 7 nitrogen and oxygen atoms in total. The minimum absolute atomic E-state index is 0.0331. The van der Waals surface area contributed by atoms with E-state index in [2.05, 4.69) is 15.3 Å². The van der Waals surface area contributed by atoms with Crippen LogP contribution in [-0.4, -0.2) is 57.9 Å². The summed E-state index contributed by atoms with van der Waals surface area (Å²) in [6.07, 6.45) is 0.723. The smallest absolute Gasteiger partial charge is 0.317 e. The van der Waals surface area contributed by atoms with Gasteiger partial charge >= 0.3 is 6.03 Å².